The monoisotopic (exact) mass is 399 g/mol. The molecule has 0 bridgehead atoms. The van der Waals surface area contributed by atoms with Gasteiger partial charge in [0.25, 0.3) is 0 Å². The number of benzene rings is 1. The van der Waals surface area contributed by atoms with Crippen molar-refractivity contribution in [1.29, 1.82) is 0 Å². The number of ether oxygens (including phenoxy) is 2. The molecule has 0 saturated heterocycles. The molecule has 0 saturated carbocycles. The van der Waals surface area contributed by atoms with Crippen molar-refractivity contribution in [3.8, 4) is 0 Å². The zero-order chi connectivity index (χ0) is 21.1. The normalized spacial score (nSPS) is 12.3. The first-order valence-corrected chi connectivity index (χ1v) is 8.86. The highest BCUT2D eigenvalue weighted by Gasteiger charge is 2.20. The molecule has 0 radical (unpaired) electrons. The Morgan fingerprint density at radius 1 is 1.21 bits per heavy atom. The van der Waals surface area contributed by atoms with Crippen LogP contribution in [0.25, 0.3) is 0 Å². The van der Waals surface area contributed by atoms with Gasteiger partial charge >= 0.3 is 11.9 Å². The van der Waals surface area contributed by atoms with Crippen molar-refractivity contribution in [3.05, 3.63) is 84.3 Å². The van der Waals surface area contributed by atoms with Crippen molar-refractivity contribution in [3.63, 3.8) is 0 Å². The van der Waals surface area contributed by atoms with Crippen molar-refractivity contribution in [1.82, 2.24) is 10.3 Å². The Balaban J connectivity index is 2.15. The second kappa shape index (κ2) is 11.2. The van der Waals surface area contributed by atoms with Gasteiger partial charge in [-0.1, -0.05) is 6.07 Å². The van der Waals surface area contributed by atoms with Crippen LogP contribution in [0.15, 0.2) is 72.8 Å². The van der Waals surface area contributed by atoms with Crippen LogP contribution in [0.2, 0.25) is 0 Å². The minimum Gasteiger partial charge on any atom is -0.465 e. The van der Waals surface area contributed by atoms with Gasteiger partial charge in [-0.05, 0) is 55.6 Å². The van der Waals surface area contributed by atoms with Gasteiger partial charge in [0.1, 0.15) is 17.4 Å². The van der Waals surface area contributed by atoms with Crippen LogP contribution in [0.5, 0.6) is 0 Å². The van der Waals surface area contributed by atoms with Crippen molar-refractivity contribution in [2.45, 2.75) is 12.8 Å². The maximum Gasteiger partial charge on any atom is 0.355 e. The van der Waals surface area contributed by atoms with E-state index in [-0.39, 0.29) is 18.1 Å². The Hall–Kier alpha value is -3.68. The molecule has 0 fully saturated rings. The first-order chi connectivity index (χ1) is 14.0. The Morgan fingerprint density at radius 3 is 2.59 bits per heavy atom. The fraction of sp³-hybridized carbons (Fsp3) is 0.190. The van der Waals surface area contributed by atoms with E-state index in [1.165, 1.54) is 49.9 Å². The second-order valence-corrected chi connectivity index (χ2v) is 5.69. The number of rotatable bonds is 9. The number of hydrogen-bond acceptors (Lipinski definition) is 7. The summed E-state index contributed by atoms with van der Waals surface area (Å²) in [5, 5.41) is 5.65. The smallest absolute Gasteiger partial charge is 0.355 e. The molecule has 1 aromatic carbocycles. The number of halogens is 1. The molecule has 1 atom stereocenters. The van der Waals surface area contributed by atoms with E-state index in [1.807, 2.05) is 0 Å². The molecule has 1 unspecified atom stereocenters. The van der Waals surface area contributed by atoms with Gasteiger partial charge in [0, 0.05) is 18.1 Å². The summed E-state index contributed by atoms with van der Waals surface area (Å²) in [4.78, 5) is 28.4. The molecule has 8 heteroatoms. The van der Waals surface area contributed by atoms with Gasteiger partial charge in [-0.2, -0.15) is 0 Å². The molecule has 7 nitrogen and oxygen atoms in total. The van der Waals surface area contributed by atoms with Gasteiger partial charge in [0.2, 0.25) is 0 Å². The minimum absolute atomic E-state index is 0.0803. The highest BCUT2D eigenvalue weighted by atomic mass is 19.1. The maximum atomic E-state index is 13.0. The fourth-order valence-corrected chi connectivity index (χ4v) is 2.30. The zero-order valence-electron chi connectivity index (χ0n) is 16.1. The average molecular weight is 399 g/mol. The van der Waals surface area contributed by atoms with Crippen LogP contribution in [0.4, 0.5) is 10.1 Å². The zero-order valence-corrected chi connectivity index (χ0v) is 16.1. The Morgan fingerprint density at radius 2 is 1.97 bits per heavy atom. The number of methoxy groups -OCH3 is 1. The molecule has 0 spiro atoms. The van der Waals surface area contributed by atoms with Gasteiger partial charge in [0.15, 0.2) is 0 Å². The molecule has 0 aliphatic rings. The van der Waals surface area contributed by atoms with Crippen LogP contribution in [0.3, 0.4) is 0 Å². The topological polar surface area (TPSA) is 89.6 Å². The van der Waals surface area contributed by atoms with E-state index >= 15 is 0 Å². The first kappa shape index (κ1) is 21.6. The molecule has 0 aliphatic heterocycles. The van der Waals surface area contributed by atoms with Crippen LogP contribution in [-0.4, -0.2) is 30.6 Å². The predicted octanol–water partition coefficient (Wildman–Crippen LogP) is 3.10. The first-order valence-electron chi connectivity index (χ1n) is 8.86. The summed E-state index contributed by atoms with van der Waals surface area (Å²) in [6, 6.07) is 10.8. The molecular formula is C21H22FN3O4. The highest BCUT2D eigenvalue weighted by Crippen LogP contribution is 2.16. The lowest BCUT2D eigenvalue weighted by atomic mass is 10.1. The summed E-state index contributed by atoms with van der Waals surface area (Å²) < 4.78 is 22.8. The third-order valence-electron chi connectivity index (χ3n) is 3.71. The highest BCUT2D eigenvalue weighted by molar-refractivity contribution is 5.88. The Kier molecular flexibility index (Phi) is 8.37. The van der Waals surface area contributed by atoms with Crippen molar-refractivity contribution in [2.24, 2.45) is 0 Å². The molecular weight excluding hydrogens is 377 g/mol. The molecule has 152 valence electrons. The lowest BCUT2D eigenvalue weighted by molar-refractivity contribution is -0.143. The molecule has 2 rings (SSSR count). The quantitative estimate of drug-likeness (QED) is 0.495. The number of hydrogen-bond donors (Lipinski definition) is 2. The molecule has 2 N–H and O–H groups in total. The van der Waals surface area contributed by atoms with Crippen LogP contribution < -0.4 is 10.6 Å². The predicted molar refractivity (Wildman–Crippen MR) is 106 cm³/mol. The summed E-state index contributed by atoms with van der Waals surface area (Å²) in [5.41, 5.74) is 1.17. The summed E-state index contributed by atoms with van der Waals surface area (Å²) in [5.74, 6) is -2.20. The minimum atomic E-state index is -0.743. The SMILES string of the molecule is CCOC(=O)C(/C=C\N/C(=C/Nc1ccc(F)cc1)C(=O)OC)c1ccccn1. The van der Waals surface area contributed by atoms with Gasteiger partial charge in [0.05, 0.1) is 19.4 Å². The van der Waals surface area contributed by atoms with Crippen LogP contribution in [0.1, 0.15) is 18.5 Å². The number of carbonyl (C=O) groups excluding carboxylic acids is 2. The molecule has 29 heavy (non-hydrogen) atoms. The number of aromatic nitrogens is 1. The molecule has 0 aliphatic carbocycles. The van der Waals surface area contributed by atoms with E-state index in [0.29, 0.717) is 11.4 Å². The van der Waals surface area contributed by atoms with Crippen LogP contribution in [-0.2, 0) is 19.1 Å². The lowest BCUT2D eigenvalue weighted by Gasteiger charge is -2.12. The van der Waals surface area contributed by atoms with Gasteiger partial charge < -0.3 is 20.1 Å². The van der Waals surface area contributed by atoms with Crippen LogP contribution >= 0.6 is 0 Å². The van der Waals surface area contributed by atoms with E-state index in [4.69, 9.17) is 9.47 Å². The number of anilines is 1. The molecule has 1 aromatic heterocycles. The standard InChI is InChI=1S/C21H22FN3O4/c1-3-29-20(26)17(18-6-4-5-12-23-18)11-13-24-19(21(27)28-2)14-25-16-9-7-15(22)8-10-16/h4-14,17,24-25H,3H2,1-2H3/b13-11-,19-14+. The van der Waals surface area contributed by atoms with Gasteiger partial charge in [-0.25, -0.2) is 9.18 Å². The van der Waals surface area contributed by atoms with E-state index < -0.39 is 17.9 Å². The summed E-state index contributed by atoms with van der Waals surface area (Å²) >= 11 is 0. The summed E-state index contributed by atoms with van der Waals surface area (Å²) in [6.45, 7) is 1.95. The summed E-state index contributed by atoms with van der Waals surface area (Å²) in [7, 11) is 1.24. The van der Waals surface area contributed by atoms with Crippen molar-refractivity contribution in [2.75, 3.05) is 19.0 Å². The number of nitrogens with one attached hydrogen (secondary N) is 2. The van der Waals surface area contributed by atoms with E-state index in [9.17, 15) is 14.0 Å². The lowest BCUT2D eigenvalue weighted by Crippen LogP contribution is -2.20. The van der Waals surface area contributed by atoms with E-state index in [2.05, 4.69) is 15.6 Å². The molecule has 0 amide bonds. The average Bonchev–Trinajstić information content (AvgIpc) is 2.74. The van der Waals surface area contributed by atoms with Gasteiger partial charge in [-0.15, -0.1) is 0 Å². The number of carbonyl (C=O) groups is 2. The largest absolute Gasteiger partial charge is 0.465 e. The second-order valence-electron chi connectivity index (χ2n) is 5.69. The third kappa shape index (κ3) is 6.76. The van der Waals surface area contributed by atoms with E-state index in [1.54, 1.807) is 31.3 Å². The Labute approximate surface area is 168 Å². The van der Waals surface area contributed by atoms with E-state index in [0.717, 1.165) is 0 Å². The summed E-state index contributed by atoms with van der Waals surface area (Å²) in [6.07, 6.45) is 5.93. The number of nitrogens with zero attached hydrogens (tertiary/aromatic N) is 1. The van der Waals surface area contributed by atoms with Crippen molar-refractivity contribution < 1.29 is 23.5 Å². The number of esters is 2. The van der Waals surface area contributed by atoms with Gasteiger partial charge in [-0.3, -0.25) is 9.78 Å². The fourth-order valence-electron chi connectivity index (χ4n) is 2.30. The molecule has 2 aromatic rings. The maximum absolute atomic E-state index is 13.0. The van der Waals surface area contributed by atoms with Crippen LogP contribution in [0, 0.1) is 5.82 Å². The molecule has 1 heterocycles. The third-order valence-corrected chi connectivity index (χ3v) is 3.71. The van der Waals surface area contributed by atoms with Crippen molar-refractivity contribution >= 4 is 17.6 Å². The number of pyridine rings is 1. The Bertz CT molecular complexity index is 867.